The van der Waals surface area contributed by atoms with Gasteiger partial charge in [-0.25, -0.2) is 0 Å². The molecule has 1 aromatic rings. The molecule has 0 aliphatic heterocycles. The fraction of sp³-hybridized carbons (Fsp3) is 0.600. The summed E-state index contributed by atoms with van der Waals surface area (Å²) in [7, 11) is 0. The fourth-order valence-electron chi connectivity index (χ4n) is 1.46. The van der Waals surface area contributed by atoms with Crippen LogP contribution in [0, 0.1) is 5.92 Å². The van der Waals surface area contributed by atoms with Crippen LogP contribution < -0.4 is 5.73 Å². The summed E-state index contributed by atoms with van der Waals surface area (Å²) in [6.45, 7) is 3.02. The Hall–Kier alpha value is 0.140. The van der Waals surface area contributed by atoms with Gasteiger partial charge in [0.05, 0.1) is 0 Å². The van der Waals surface area contributed by atoms with Crippen LogP contribution in [0.2, 0.25) is 0 Å². The third-order valence-corrected chi connectivity index (χ3v) is 3.86. The molecular formula is C10H16BrNS. The van der Waals surface area contributed by atoms with Crippen molar-refractivity contribution in [3.8, 4) is 0 Å². The highest BCUT2D eigenvalue weighted by Gasteiger charge is 2.07. The Kier molecular flexibility index (Phi) is 4.99. The largest absolute Gasteiger partial charge is 0.330 e. The zero-order chi connectivity index (χ0) is 9.68. The number of halogens is 1. The summed E-state index contributed by atoms with van der Waals surface area (Å²) < 4.78 is 1.19. The van der Waals surface area contributed by atoms with Crippen molar-refractivity contribution in [2.75, 3.05) is 6.54 Å². The Morgan fingerprint density at radius 1 is 1.62 bits per heavy atom. The number of thiophene rings is 1. The summed E-state index contributed by atoms with van der Waals surface area (Å²) >= 11 is 5.28. The number of hydrogen-bond donors (Lipinski definition) is 1. The summed E-state index contributed by atoms with van der Waals surface area (Å²) in [4.78, 5) is 1.44. The van der Waals surface area contributed by atoms with E-state index in [1.165, 1.54) is 22.2 Å². The SMILES string of the molecule is CCCC(CN)Cc1cc(Br)cs1. The van der Waals surface area contributed by atoms with E-state index in [0.29, 0.717) is 5.92 Å². The molecule has 0 bridgehead atoms. The van der Waals surface area contributed by atoms with E-state index in [9.17, 15) is 0 Å². The number of nitrogens with two attached hydrogens (primary N) is 1. The smallest absolute Gasteiger partial charge is 0.0285 e. The van der Waals surface area contributed by atoms with E-state index in [1.807, 2.05) is 11.3 Å². The molecule has 0 aliphatic rings. The Morgan fingerprint density at radius 2 is 2.38 bits per heavy atom. The highest BCUT2D eigenvalue weighted by Crippen LogP contribution is 2.23. The Morgan fingerprint density at radius 3 is 2.85 bits per heavy atom. The number of hydrogen-bond acceptors (Lipinski definition) is 2. The predicted molar refractivity (Wildman–Crippen MR) is 63.2 cm³/mol. The molecule has 0 aromatic carbocycles. The molecule has 0 saturated heterocycles. The molecule has 1 nitrogen and oxygen atoms in total. The van der Waals surface area contributed by atoms with E-state index in [-0.39, 0.29) is 0 Å². The molecule has 0 spiro atoms. The van der Waals surface area contributed by atoms with Crippen LogP contribution in [-0.2, 0) is 6.42 Å². The monoisotopic (exact) mass is 261 g/mol. The van der Waals surface area contributed by atoms with Crippen molar-refractivity contribution in [1.82, 2.24) is 0 Å². The van der Waals surface area contributed by atoms with Gasteiger partial charge >= 0.3 is 0 Å². The number of rotatable bonds is 5. The van der Waals surface area contributed by atoms with Crippen molar-refractivity contribution in [3.63, 3.8) is 0 Å². The van der Waals surface area contributed by atoms with Crippen LogP contribution >= 0.6 is 27.3 Å². The zero-order valence-electron chi connectivity index (χ0n) is 7.92. The first kappa shape index (κ1) is 11.2. The summed E-state index contributed by atoms with van der Waals surface area (Å²) in [5.41, 5.74) is 5.71. The van der Waals surface area contributed by atoms with E-state index < -0.39 is 0 Å². The topological polar surface area (TPSA) is 26.0 Å². The molecule has 1 rings (SSSR count). The highest BCUT2D eigenvalue weighted by molar-refractivity contribution is 9.10. The highest BCUT2D eigenvalue weighted by atomic mass is 79.9. The molecule has 0 fully saturated rings. The van der Waals surface area contributed by atoms with Crippen LogP contribution in [0.15, 0.2) is 15.9 Å². The molecule has 1 heterocycles. The first-order chi connectivity index (χ1) is 6.26. The molecule has 0 amide bonds. The third-order valence-electron chi connectivity index (χ3n) is 2.14. The van der Waals surface area contributed by atoms with Gasteiger partial charge in [-0.2, -0.15) is 0 Å². The van der Waals surface area contributed by atoms with Gasteiger partial charge in [0.2, 0.25) is 0 Å². The van der Waals surface area contributed by atoms with Gasteiger partial charge in [0.15, 0.2) is 0 Å². The van der Waals surface area contributed by atoms with Crippen LogP contribution in [-0.4, -0.2) is 6.54 Å². The first-order valence-electron chi connectivity index (χ1n) is 4.69. The van der Waals surface area contributed by atoms with Crippen molar-refractivity contribution in [2.24, 2.45) is 11.7 Å². The van der Waals surface area contributed by atoms with Gasteiger partial charge in [0, 0.05) is 14.7 Å². The quantitative estimate of drug-likeness (QED) is 0.864. The van der Waals surface area contributed by atoms with Gasteiger partial charge in [0.25, 0.3) is 0 Å². The lowest BCUT2D eigenvalue weighted by Gasteiger charge is -2.11. The lowest BCUT2D eigenvalue weighted by Crippen LogP contribution is -2.16. The molecule has 0 saturated carbocycles. The average molecular weight is 262 g/mol. The molecule has 3 heteroatoms. The van der Waals surface area contributed by atoms with Crippen LogP contribution in [0.5, 0.6) is 0 Å². The molecule has 13 heavy (non-hydrogen) atoms. The normalized spacial score (nSPS) is 13.2. The predicted octanol–water partition coefficient (Wildman–Crippen LogP) is 3.43. The van der Waals surface area contributed by atoms with Crippen molar-refractivity contribution in [2.45, 2.75) is 26.2 Å². The first-order valence-corrected chi connectivity index (χ1v) is 6.36. The maximum Gasteiger partial charge on any atom is 0.0285 e. The van der Waals surface area contributed by atoms with E-state index in [2.05, 4.69) is 34.3 Å². The summed E-state index contributed by atoms with van der Waals surface area (Å²) in [6, 6.07) is 2.20. The van der Waals surface area contributed by atoms with Gasteiger partial charge in [-0.3, -0.25) is 0 Å². The van der Waals surface area contributed by atoms with E-state index in [4.69, 9.17) is 5.73 Å². The van der Waals surface area contributed by atoms with Crippen molar-refractivity contribution in [3.05, 3.63) is 20.8 Å². The molecule has 1 atom stereocenters. The molecule has 74 valence electrons. The molecule has 1 unspecified atom stereocenters. The maximum absolute atomic E-state index is 5.71. The standard InChI is InChI=1S/C10H16BrNS/c1-2-3-8(6-12)4-10-5-9(11)7-13-10/h5,7-8H,2-4,6,12H2,1H3. The van der Waals surface area contributed by atoms with E-state index in [0.717, 1.165) is 13.0 Å². The summed E-state index contributed by atoms with van der Waals surface area (Å²) in [5, 5.41) is 2.13. The second-order valence-electron chi connectivity index (χ2n) is 3.33. The van der Waals surface area contributed by atoms with Gasteiger partial charge in [0.1, 0.15) is 0 Å². The minimum absolute atomic E-state index is 0.663. The van der Waals surface area contributed by atoms with Crippen LogP contribution in [0.4, 0.5) is 0 Å². The molecule has 0 radical (unpaired) electrons. The van der Waals surface area contributed by atoms with Crippen LogP contribution in [0.3, 0.4) is 0 Å². The third kappa shape index (κ3) is 3.79. The second-order valence-corrected chi connectivity index (χ2v) is 5.24. The fourth-order valence-corrected chi connectivity index (χ4v) is 3.02. The van der Waals surface area contributed by atoms with E-state index >= 15 is 0 Å². The van der Waals surface area contributed by atoms with Crippen LogP contribution in [0.25, 0.3) is 0 Å². The minimum Gasteiger partial charge on any atom is -0.330 e. The lowest BCUT2D eigenvalue weighted by molar-refractivity contribution is 0.491. The Bertz CT molecular complexity index is 247. The van der Waals surface area contributed by atoms with Gasteiger partial charge in [-0.1, -0.05) is 13.3 Å². The molecular weight excluding hydrogens is 246 g/mol. The summed E-state index contributed by atoms with van der Waals surface area (Å²) in [6.07, 6.45) is 3.61. The van der Waals surface area contributed by atoms with Gasteiger partial charge < -0.3 is 5.73 Å². The summed E-state index contributed by atoms with van der Waals surface area (Å²) in [5.74, 6) is 0.663. The Balaban J connectivity index is 2.46. The second kappa shape index (κ2) is 5.78. The maximum atomic E-state index is 5.71. The van der Waals surface area contributed by atoms with E-state index in [1.54, 1.807) is 0 Å². The van der Waals surface area contributed by atoms with Crippen LogP contribution in [0.1, 0.15) is 24.6 Å². The zero-order valence-corrected chi connectivity index (χ0v) is 10.3. The molecule has 1 aromatic heterocycles. The minimum atomic E-state index is 0.663. The Labute approximate surface area is 92.5 Å². The van der Waals surface area contributed by atoms with Gasteiger partial charge in [-0.15, -0.1) is 11.3 Å². The van der Waals surface area contributed by atoms with Gasteiger partial charge in [-0.05, 0) is 47.3 Å². The molecule has 0 aliphatic carbocycles. The molecule has 2 N–H and O–H groups in total. The van der Waals surface area contributed by atoms with Crippen molar-refractivity contribution in [1.29, 1.82) is 0 Å². The van der Waals surface area contributed by atoms with Crippen molar-refractivity contribution >= 4 is 27.3 Å². The van der Waals surface area contributed by atoms with Crippen molar-refractivity contribution < 1.29 is 0 Å². The lowest BCUT2D eigenvalue weighted by atomic mass is 9.99. The average Bonchev–Trinajstić information content (AvgIpc) is 2.50.